The SMILES string of the molecule is COc1ccccc1CNC(=O)[C@@]1(C)Cn2nc(-c3ccccc3)cc2C(=O)N1Cc1ccc(F)cc1. The molecule has 0 saturated carbocycles. The highest BCUT2D eigenvalue weighted by molar-refractivity contribution is 6.00. The number of ether oxygens (including phenoxy) is 1. The Kier molecular flexibility index (Phi) is 6.48. The number of hydrogen-bond donors (Lipinski definition) is 1. The minimum Gasteiger partial charge on any atom is -0.496 e. The van der Waals surface area contributed by atoms with E-state index in [4.69, 9.17) is 4.74 Å². The molecule has 2 amide bonds. The molecule has 0 spiro atoms. The fourth-order valence-corrected chi connectivity index (χ4v) is 4.63. The molecule has 1 aliphatic heterocycles. The second kappa shape index (κ2) is 9.89. The van der Waals surface area contributed by atoms with E-state index in [9.17, 15) is 14.0 Å². The first kappa shape index (κ1) is 24.2. The molecule has 1 aliphatic rings. The van der Waals surface area contributed by atoms with Crippen LogP contribution in [0.4, 0.5) is 4.39 Å². The number of benzene rings is 3. The standard InChI is InChI=1S/C29H27FN4O3/c1-29(28(36)31-17-22-10-6-7-11-26(22)37-2)19-34-25(16-24(32-34)21-8-4-3-5-9-21)27(35)33(29)18-20-12-14-23(30)15-13-20/h3-16H,17-19H2,1-2H3,(H,31,36)/t29-/m1/s1. The largest absolute Gasteiger partial charge is 0.496 e. The highest BCUT2D eigenvalue weighted by atomic mass is 19.1. The number of nitrogens with one attached hydrogen (secondary N) is 1. The first-order valence-electron chi connectivity index (χ1n) is 12.0. The maximum atomic E-state index is 13.8. The highest BCUT2D eigenvalue weighted by Gasteiger charge is 2.48. The van der Waals surface area contributed by atoms with Crippen LogP contribution in [-0.4, -0.2) is 39.1 Å². The monoisotopic (exact) mass is 498 g/mol. The first-order chi connectivity index (χ1) is 17.9. The van der Waals surface area contributed by atoms with E-state index in [2.05, 4.69) is 10.4 Å². The average Bonchev–Trinajstić information content (AvgIpc) is 3.35. The molecule has 0 aliphatic carbocycles. The molecule has 37 heavy (non-hydrogen) atoms. The number of rotatable bonds is 7. The van der Waals surface area contributed by atoms with E-state index in [-0.39, 0.29) is 37.3 Å². The van der Waals surface area contributed by atoms with E-state index >= 15 is 0 Å². The van der Waals surface area contributed by atoms with Gasteiger partial charge in [-0.15, -0.1) is 0 Å². The minimum atomic E-state index is -1.25. The molecule has 1 atom stereocenters. The van der Waals surface area contributed by atoms with Crippen molar-refractivity contribution in [3.05, 3.63) is 108 Å². The smallest absolute Gasteiger partial charge is 0.273 e. The third kappa shape index (κ3) is 4.70. The van der Waals surface area contributed by atoms with Crippen molar-refractivity contribution in [3.63, 3.8) is 0 Å². The lowest BCUT2D eigenvalue weighted by Gasteiger charge is -2.43. The van der Waals surface area contributed by atoms with Crippen LogP contribution in [0, 0.1) is 5.82 Å². The number of aromatic nitrogens is 2. The summed E-state index contributed by atoms with van der Waals surface area (Å²) in [7, 11) is 1.58. The fraction of sp³-hybridized carbons (Fsp3) is 0.207. The van der Waals surface area contributed by atoms with Gasteiger partial charge in [0.2, 0.25) is 5.91 Å². The van der Waals surface area contributed by atoms with Crippen molar-refractivity contribution in [2.45, 2.75) is 32.1 Å². The maximum Gasteiger partial charge on any atom is 0.273 e. The Morgan fingerprint density at radius 2 is 1.76 bits per heavy atom. The Labute approximate surface area is 214 Å². The minimum absolute atomic E-state index is 0.142. The van der Waals surface area contributed by atoms with Crippen molar-refractivity contribution in [1.29, 1.82) is 0 Å². The molecule has 8 heteroatoms. The molecular weight excluding hydrogens is 471 g/mol. The molecule has 7 nitrogen and oxygen atoms in total. The number of carbonyl (C=O) groups is 2. The summed E-state index contributed by atoms with van der Waals surface area (Å²) >= 11 is 0. The van der Waals surface area contributed by atoms with Crippen molar-refractivity contribution in [3.8, 4) is 17.0 Å². The summed E-state index contributed by atoms with van der Waals surface area (Å²) in [5.41, 5.74) is 2.22. The lowest BCUT2D eigenvalue weighted by Crippen LogP contribution is -2.63. The summed E-state index contributed by atoms with van der Waals surface area (Å²) in [6.45, 7) is 2.28. The molecule has 0 saturated heterocycles. The molecule has 4 aromatic rings. The Hall–Kier alpha value is -4.46. The number of carbonyl (C=O) groups excluding carboxylic acids is 2. The molecule has 1 N–H and O–H groups in total. The maximum absolute atomic E-state index is 13.8. The van der Waals surface area contributed by atoms with Gasteiger partial charge in [-0.25, -0.2) is 4.39 Å². The summed E-state index contributed by atoms with van der Waals surface area (Å²) in [6, 6.07) is 24.7. The van der Waals surface area contributed by atoms with Gasteiger partial charge in [-0.05, 0) is 36.8 Å². The van der Waals surface area contributed by atoms with Crippen molar-refractivity contribution in [2.75, 3.05) is 7.11 Å². The van der Waals surface area contributed by atoms with Gasteiger partial charge in [0.1, 0.15) is 22.8 Å². The van der Waals surface area contributed by atoms with E-state index in [1.807, 2.05) is 54.6 Å². The molecule has 1 aromatic heterocycles. The predicted molar refractivity (Wildman–Crippen MR) is 137 cm³/mol. The zero-order valence-electron chi connectivity index (χ0n) is 20.6. The molecule has 3 aromatic carbocycles. The van der Waals surface area contributed by atoms with Gasteiger partial charge in [0.05, 0.1) is 19.3 Å². The van der Waals surface area contributed by atoms with Crippen LogP contribution >= 0.6 is 0 Å². The first-order valence-corrected chi connectivity index (χ1v) is 12.0. The highest BCUT2D eigenvalue weighted by Crippen LogP contribution is 2.31. The van der Waals surface area contributed by atoms with Crippen LogP contribution in [-0.2, 0) is 24.4 Å². The van der Waals surface area contributed by atoms with Gasteiger partial charge in [0.25, 0.3) is 5.91 Å². The number of amides is 2. The lowest BCUT2D eigenvalue weighted by atomic mass is 9.94. The number of para-hydroxylation sites is 1. The topological polar surface area (TPSA) is 76.5 Å². The van der Waals surface area contributed by atoms with Gasteiger partial charge in [-0.3, -0.25) is 14.3 Å². The van der Waals surface area contributed by atoms with Crippen molar-refractivity contribution in [2.24, 2.45) is 0 Å². The van der Waals surface area contributed by atoms with E-state index in [1.54, 1.807) is 41.8 Å². The number of fused-ring (bicyclic) bond motifs is 1. The zero-order chi connectivity index (χ0) is 26.0. The summed E-state index contributed by atoms with van der Waals surface area (Å²) in [5, 5.41) is 7.65. The van der Waals surface area contributed by atoms with Crippen LogP contribution < -0.4 is 10.1 Å². The molecule has 2 heterocycles. The second-order valence-electron chi connectivity index (χ2n) is 9.22. The third-order valence-electron chi connectivity index (χ3n) is 6.74. The predicted octanol–water partition coefficient (Wildman–Crippen LogP) is 4.43. The molecule has 188 valence electrons. The molecule has 5 rings (SSSR count). The van der Waals surface area contributed by atoms with Crippen molar-refractivity contribution < 1.29 is 18.7 Å². The van der Waals surface area contributed by atoms with Gasteiger partial charge >= 0.3 is 0 Å². The zero-order valence-corrected chi connectivity index (χ0v) is 20.6. The van der Waals surface area contributed by atoms with E-state index in [0.29, 0.717) is 17.1 Å². The van der Waals surface area contributed by atoms with Gasteiger partial charge < -0.3 is 15.0 Å². The Morgan fingerprint density at radius 3 is 2.49 bits per heavy atom. The van der Waals surface area contributed by atoms with Gasteiger partial charge in [0, 0.05) is 24.2 Å². The van der Waals surface area contributed by atoms with Crippen LogP contribution in [0.1, 0.15) is 28.5 Å². The van der Waals surface area contributed by atoms with E-state index in [1.165, 1.54) is 12.1 Å². The van der Waals surface area contributed by atoms with E-state index in [0.717, 1.165) is 16.7 Å². The Morgan fingerprint density at radius 1 is 1.05 bits per heavy atom. The molecule has 0 unspecified atom stereocenters. The molecule has 0 radical (unpaired) electrons. The van der Waals surface area contributed by atoms with E-state index < -0.39 is 5.54 Å². The number of nitrogens with zero attached hydrogens (tertiary/aromatic N) is 3. The van der Waals surface area contributed by atoms with Crippen LogP contribution in [0.3, 0.4) is 0 Å². The quantitative estimate of drug-likeness (QED) is 0.409. The van der Waals surface area contributed by atoms with Crippen LogP contribution in [0.15, 0.2) is 84.9 Å². The van der Waals surface area contributed by atoms with Crippen molar-refractivity contribution >= 4 is 11.8 Å². The molecule has 0 bridgehead atoms. The fourth-order valence-electron chi connectivity index (χ4n) is 4.63. The Balaban J connectivity index is 1.49. The van der Waals surface area contributed by atoms with Gasteiger partial charge in [-0.1, -0.05) is 60.7 Å². The lowest BCUT2D eigenvalue weighted by molar-refractivity contribution is -0.133. The van der Waals surface area contributed by atoms with Crippen LogP contribution in [0.2, 0.25) is 0 Å². The number of hydrogen-bond acceptors (Lipinski definition) is 4. The third-order valence-corrected chi connectivity index (χ3v) is 6.74. The normalized spacial score (nSPS) is 16.8. The molecular formula is C29H27FN4O3. The number of halogens is 1. The Bertz CT molecular complexity index is 1440. The van der Waals surface area contributed by atoms with Crippen LogP contribution in [0.5, 0.6) is 5.75 Å². The molecule has 0 fully saturated rings. The summed E-state index contributed by atoms with van der Waals surface area (Å²) < 4.78 is 20.6. The number of methoxy groups -OCH3 is 1. The van der Waals surface area contributed by atoms with Gasteiger partial charge in [0.15, 0.2) is 0 Å². The summed E-state index contributed by atoms with van der Waals surface area (Å²) in [4.78, 5) is 29.1. The summed E-state index contributed by atoms with van der Waals surface area (Å²) in [5.74, 6) is -0.342. The van der Waals surface area contributed by atoms with Gasteiger partial charge in [-0.2, -0.15) is 5.10 Å². The van der Waals surface area contributed by atoms with Crippen molar-refractivity contribution in [1.82, 2.24) is 20.0 Å². The second-order valence-corrected chi connectivity index (χ2v) is 9.22. The average molecular weight is 499 g/mol. The summed E-state index contributed by atoms with van der Waals surface area (Å²) in [6.07, 6.45) is 0. The van der Waals surface area contributed by atoms with Crippen LogP contribution in [0.25, 0.3) is 11.3 Å².